The predicted molar refractivity (Wildman–Crippen MR) is 97.4 cm³/mol. The van der Waals surface area contributed by atoms with Crippen LogP contribution in [0.2, 0.25) is 0 Å². The lowest BCUT2D eigenvalue weighted by Gasteiger charge is -2.07. The van der Waals surface area contributed by atoms with E-state index in [2.05, 4.69) is 10.3 Å². The van der Waals surface area contributed by atoms with Crippen LogP contribution in [0, 0.1) is 11.6 Å². The van der Waals surface area contributed by atoms with Crippen molar-refractivity contribution in [2.24, 2.45) is 0 Å². The molecule has 2 heterocycles. The Morgan fingerprint density at radius 2 is 1.96 bits per heavy atom. The number of halogens is 2. The Kier molecular flexibility index (Phi) is 5.15. The van der Waals surface area contributed by atoms with E-state index in [0.29, 0.717) is 6.07 Å². The summed E-state index contributed by atoms with van der Waals surface area (Å²) in [5.74, 6) is -2.41. The first-order valence-corrected chi connectivity index (χ1v) is 8.68. The van der Waals surface area contributed by atoms with E-state index in [4.69, 9.17) is 0 Å². The van der Waals surface area contributed by atoms with Crippen molar-refractivity contribution in [2.75, 3.05) is 14.1 Å². The minimum atomic E-state index is -0.998. The number of carbonyl (C=O) groups is 1. The lowest BCUT2D eigenvalue weighted by Crippen LogP contribution is -2.28. The first-order valence-electron chi connectivity index (χ1n) is 7.86. The summed E-state index contributed by atoms with van der Waals surface area (Å²) in [4.78, 5) is 31.5. The van der Waals surface area contributed by atoms with E-state index in [-0.39, 0.29) is 23.0 Å². The lowest BCUT2D eigenvalue weighted by molar-refractivity contribution is 0.0950. The highest BCUT2D eigenvalue weighted by Crippen LogP contribution is 2.18. The van der Waals surface area contributed by atoms with Crippen molar-refractivity contribution in [3.8, 4) is 0 Å². The van der Waals surface area contributed by atoms with Crippen LogP contribution >= 0.6 is 11.3 Å². The Morgan fingerprint density at radius 1 is 1.23 bits per heavy atom. The van der Waals surface area contributed by atoms with Crippen LogP contribution < -0.4 is 10.7 Å². The average molecular weight is 377 g/mol. The Labute approximate surface area is 152 Å². The maximum atomic E-state index is 13.9. The molecule has 0 aliphatic heterocycles. The fraction of sp³-hybridized carbons (Fsp3) is 0.222. The van der Waals surface area contributed by atoms with E-state index in [1.807, 2.05) is 31.1 Å². The van der Waals surface area contributed by atoms with Crippen LogP contribution in [-0.4, -0.2) is 29.9 Å². The molecule has 26 heavy (non-hydrogen) atoms. The van der Waals surface area contributed by atoms with E-state index < -0.39 is 23.0 Å². The van der Waals surface area contributed by atoms with Gasteiger partial charge < -0.3 is 15.2 Å². The topological polar surface area (TPSA) is 65.2 Å². The number of hydrogen-bond donors (Lipinski definition) is 2. The summed E-state index contributed by atoms with van der Waals surface area (Å²) in [7, 11) is 3.94. The highest BCUT2D eigenvalue weighted by atomic mass is 32.1. The number of rotatable bonds is 5. The fourth-order valence-corrected chi connectivity index (χ4v) is 3.69. The zero-order valence-corrected chi connectivity index (χ0v) is 15.0. The maximum Gasteiger partial charge on any atom is 0.257 e. The number of thiophene rings is 1. The molecule has 136 valence electrons. The number of nitrogens with one attached hydrogen (secondary N) is 2. The smallest absolute Gasteiger partial charge is 0.257 e. The molecule has 0 unspecified atom stereocenters. The molecular weight excluding hydrogens is 360 g/mol. The van der Waals surface area contributed by atoms with Gasteiger partial charge in [0.2, 0.25) is 5.43 Å². The molecule has 0 bridgehead atoms. The molecule has 5 nitrogen and oxygen atoms in total. The van der Waals surface area contributed by atoms with Gasteiger partial charge in [-0.15, -0.1) is 11.3 Å². The monoisotopic (exact) mass is 377 g/mol. The van der Waals surface area contributed by atoms with Gasteiger partial charge in [-0.05, 0) is 32.3 Å². The molecule has 0 aliphatic rings. The van der Waals surface area contributed by atoms with E-state index in [1.54, 1.807) is 11.3 Å². The second-order valence-corrected chi connectivity index (χ2v) is 7.38. The molecule has 0 saturated carbocycles. The van der Waals surface area contributed by atoms with Gasteiger partial charge in [0.15, 0.2) is 0 Å². The molecule has 3 rings (SSSR count). The molecule has 2 N–H and O–H groups in total. The summed E-state index contributed by atoms with van der Waals surface area (Å²) in [6.45, 7) is 1.07. The second-order valence-electron chi connectivity index (χ2n) is 6.13. The number of hydrogen-bond acceptors (Lipinski definition) is 4. The molecule has 0 spiro atoms. The molecule has 0 aliphatic carbocycles. The van der Waals surface area contributed by atoms with Crippen molar-refractivity contribution >= 4 is 28.1 Å². The van der Waals surface area contributed by atoms with Crippen molar-refractivity contribution < 1.29 is 13.6 Å². The van der Waals surface area contributed by atoms with Crippen LogP contribution in [0.3, 0.4) is 0 Å². The van der Waals surface area contributed by atoms with Crippen LogP contribution in [0.5, 0.6) is 0 Å². The Balaban J connectivity index is 1.79. The summed E-state index contributed by atoms with van der Waals surface area (Å²) in [6, 6.07) is 5.53. The number of fused-ring (bicyclic) bond motifs is 1. The van der Waals surface area contributed by atoms with Crippen LogP contribution in [-0.2, 0) is 13.1 Å². The molecular formula is C18H17F2N3O2S. The number of carbonyl (C=O) groups excluding carboxylic acids is 1. The molecule has 2 aromatic heterocycles. The van der Waals surface area contributed by atoms with E-state index in [1.165, 1.54) is 6.20 Å². The molecule has 1 aromatic carbocycles. The molecule has 8 heteroatoms. The Morgan fingerprint density at radius 3 is 2.69 bits per heavy atom. The molecule has 3 aromatic rings. The first kappa shape index (κ1) is 18.2. The number of benzene rings is 1. The van der Waals surface area contributed by atoms with Crippen LogP contribution in [0.4, 0.5) is 8.78 Å². The van der Waals surface area contributed by atoms with Crippen molar-refractivity contribution in [2.45, 2.75) is 13.1 Å². The molecule has 0 saturated heterocycles. The van der Waals surface area contributed by atoms with Gasteiger partial charge in [-0.1, -0.05) is 0 Å². The zero-order valence-electron chi connectivity index (χ0n) is 14.2. The van der Waals surface area contributed by atoms with E-state index >= 15 is 0 Å². The number of H-pyrrole nitrogens is 1. The number of amides is 1. The minimum absolute atomic E-state index is 0.00985. The number of nitrogens with zero attached hydrogens (tertiary/aromatic N) is 1. The molecule has 0 fully saturated rings. The van der Waals surface area contributed by atoms with E-state index in [9.17, 15) is 18.4 Å². The van der Waals surface area contributed by atoms with Gasteiger partial charge >= 0.3 is 0 Å². The molecule has 0 atom stereocenters. The van der Waals surface area contributed by atoms with Crippen molar-refractivity contribution in [1.82, 2.24) is 15.2 Å². The van der Waals surface area contributed by atoms with Gasteiger partial charge in [0.05, 0.1) is 17.4 Å². The lowest BCUT2D eigenvalue weighted by atomic mass is 10.1. The van der Waals surface area contributed by atoms with Gasteiger partial charge in [-0.2, -0.15) is 0 Å². The minimum Gasteiger partial charge on any atom is -0.360 e. The quantitative estimate of drug-likeness (QED) is 0.719. The van der Waals surface area contributed by atoms with Gasteiger partial charge in [0.25, 0.3) is 5.91 Å². The average Bonchev–Trinajstić information content (AvgIpc) is 2.99. The number of aromatic amines is 1. The molecule has 0 radical (unpaired) electrons. The third-order valence-electron chi connectivity index (χ3n) is 3.76. The predicted octanol–water partition coefficient (Wildman–Crippen LogP) is 2.86. The zero-order chi connectivity index (χ0) is 18.8. The summed E-state index contributed by atoms with van der Waals surface area (Å²) < 4.78 is 27.1. The van der Waals surface area contributed by atoms with Crippen LogP contribution in [0.25, 0.3) is 10.9 Å². The summed E-state index contributed by atoms with van der Waals surface area (Å²) in [5, 5.41) is 2.33. The van der Waals surface area contributed by atoms with Crippen LogP contribution in [0.15, 0.2) is 35.3 Å². The fourth-order valence-electron chi connectivity index (χ4n) is 2.61. The van der Waals surface area contributed by atoms with Gasteiger partial charge in [-0.25, -0.2) is 8.78 Å². The summed E-state index contributed by atoms with van der Waals surface area (Å²) in [5.41, 5.74) is -0.975. The van der Waals surface area contributed by atoms with E-state index in [0.717, 1.165) is 22.4 Å². The summed E-state index contributed by atoms with van der Waals surface area (Å²) in [6.07, 6.45) is 1.17. The Bertz CT molecular complexity index is 1030. The first-order chi connectivity index (χ1) is 12.3. The normalized spacial score (nSPS) is 11.3. The summed E-state index contributed by atoms with van der Waals surface area (Å²) >= 11 is 1.57. The highest BCUT2D eigenvalue weighted by molar-refractivity contribution is 7.11. The molecule has 1 amide bonds. The largest absolute Gasteiger partial charge is 0.360 e. The Hall–Kier alpha value is -2.58. The van der Waals surface area contributed by atoms with Crippen molar-refractivity contribution in [1.29, 1.82) is 0 Å². The van der Waals surface area contributed by atoms with Gasteiger partial charge in [0.1, 0.15) is 17.2 Å². The third-order valence-corrected chi connectivity index (χ3v) is 4.83. The van der Waals surface area contributed by atoms with Gasteiger partial charge in [-0.3, -0.25) is 9.59 Å². The van der Waals surface area contributed by atoms with Gasteiger partial charge in [0, 0.05) is 28.6 Å². The standard InChI is InChI=1S/C18H17F2N3O2S/c1-23(2)9-12-4-3-11(26-12)7-22-18(25)13-8-21-15-6-10(19)5-14(20)16(15)17(13)24/h3-6,8H,7,9H2,1-2H3,(H,21,24)(H,22,25). The maximum absolute atomic E-state index is 13.9. The number of pyridine rings is 1. The SMILES string of the molecule is CN(C)Cc1ccc(CNC(=O)c2c[nH]c3cc(F)cc(F)c3c2=O)s1. The second kappa shape index (κ2) is 7.35. The van der Waals surface area contributed by atoms with Crippen molar-refractivity contribution in [3.05, 3.63) is 67.6 Å². The van der Waals surface area contributed by atoms with Crippen molar-refractivity contribution in [3.63, 3.8) is 0 Å². The van der Waals surface area contributed by atoms with Crippen LogP contribution in [0.1, 0.15) is 20.1 Å². The highest BCUT2D eigenvalue weighted by Gasteiger charge is 2.16. The third kappa shape index (κ3) is 3.81. The number of aromatic nitrogens is 1.